The molecule has 1 atom stereocenters. The average Bonchev–Trinajstić information content (AvgIpc) is 2.95. The Balaban J connectivity index is 1.67. The van der Waals surface area contributed by atoms with Gasteiger partial charge < -0.3 is 34.3 Å². The molecule has 2 aromatic rings. The molecule has 3 rings (SSSR count). The summed E-state index contributed by atoms with van der Waals surface area (Å²) in [6, 6.07) is 6.89. The molecule has 0 saturated heterocycles. The van der Waals surface area contributed by atoms with E-state index in [-0.39, 0.29) is 36.9 Å². The van der Waals surface area contributed by atoms with Gasteiger partial charge in [0.15, 0.2) is 29.6 Å². The largest absolute Gasteiger partial charge is 0.493 e. The van der Waals surface area contributed by atoms with Crippen LogP contribution in [0.15, 0.2) is 59.4 Å². The van der Waals surface area contributed by atoms with Crippen LogP contribution in [0.2, 0.25) is 5.02 Å². The Morgan fingerprint density at radius 3 is 2.57 bits per heavy atom. The molecule has 0 saturated carbocycles. The smallest absolute Gasteiger partial charge is 0.338 e. The second kappa shape index (κ2) is 15.3. The number of hydrogen-bond acceptors (Lipinski definition) is 9. The van der Waals surface area contributed by atoms with E-state index in [0.717, 1.165) is 0 Å². The van der Waals surface area contributed by atoms with E-state index in [9.17, 15) is 14.4 Å². The van der Waals surface area contributed by atoms with E-state index in [2.05, 4.69) is 27.7 Å². The van der Waals surface area contributed by atoms with Crippen molar-refractivity contribution < 1.29 is 38.1 Å². The predicted octanol–water partition coefficient (Wildman–Crippen LogP) is 4.03. The fourth-order valence-corrected chi connectivity index (χ4v) is 4.24. The molecular formula is C29H33ClN4O8. The molecular weight excluding hydrogens is 568 g/mol. The maximum atomic E-state index is 12.6. The number of hydrogen-bond donors (Lipinski definition) is 3. The van der Waals surface area contributed by atoms with Crippen LogP contribution in [0.3, 0.4) is 0 Å². The Bertz CT molecular complexity index is 1390. The van der Waals surface area contributed by atoms with Gasteiger partial charge in [0.1, 0.15) is 6.61 Å². The molecule has 12 nitrogen and oxygen atoms in total. The van der Waals surface area contributed by atoms with Crippen LogP contribution in [-0.2, 0) is 14.3 Å². The number of carbonyl (C=O) groups excluding carboxylic acids is 3. The number of rotatable bonds is 14. The number of carbonyl (C=O) groups is 3. The lowest BCUT2D eigenvalue weighted by Crippen LogP contribution is -2.45. The molecule has 1 aliphatic rings. The summed E-state index contributed by atoms with van der Waals surface area (Å²) in [5.74, 6) is 0.281. The number of nitrogens with zero attached hydrogens (tertiary/aromatic N) is 1. The predicted molar refractivity (Wildman–Crippen MR) is 156 cm³/mol. The van der Waals surface area contributed by atoms with Gasteiger partial charge in [-0.15, -0.1) is 0 Å². The molecule has 0 spiro atoms. The maximum absolute atomic E-state index is 12.6. The molecule has 0 radical (unpaired) electrons. The number of amides is 3. The van der Waals surface area contributed by atoms with E-state index in [4.69, 9.17) is 35.3 Å². The van der Waals surface area contributed by atoms with Crippen LogP contribution >= 0.6 is 11.6 Å². The van der Waals surface area contributed by atoms with Gasteiger partial charge in [-0.2, -0.15) is 5.10 Å². The van der Waals surface area contributed by atoms with Crippen LogP contribution in [0, 0.1) is 0 Å². The van der Waals surface area contributed by atoms with E-state index in [0.29, 0.717) is 40.0 Å². The van der Waals surface area contributed by atoms with Gasteiger partial charge in [0, 0.05) is 5.70 Å². The van der Waals surface area contributed by atoms with Gasteiger partial charge in [-0.1, -0.05) is 30.3 Å². The molecule has 2 aromatic carbocycles. The Labute approximate surface area is 248 Å². The van der Waals surface area contributed by atoms with Crippen LogP contribution in [0.4, 0.5) is 4.79 Å². The fourth-order valence-electron chi connectivity index (χ4n) is 3.97. The molecule has 0 bridgehead atoms. The first kappa shape index (κ1) is 31.8. The number of allylic oxidation sites excluding steroid dienone is 1. The average molecular weight is 601 g/mol. The van der Waals surface area contributed by atoms with Crippen molar-refractivity contribution in [2.45, 2.75) is 26.8 Å². The zero-order valence-corrected chi connectivity index (χ0v) is 24.5. The number of ether oxygens (including phenoxy) is 5. The van der Waals surface area contributed by atoms with Crippen molar-refractivity contribution >= 4 is 35.7 Å². The topological polar surface area (TPSA) is 146 Å². The van der Waals surface area contributed by atoms with Crippen molar-refractivity contribution in [2.24, 2.45) is 5.10 Å². The second-order valence-corrected chi connectivity index (χ2v) is 9.05. The molecule has 0 unspecified atom stereocenters. The Hall–Kier alpha value is -4.71. The van der Waals surface area contributed by atoms with Gasteiger partial charge in [-0.3, -0.25) is 4.79 Å². The fraction of sp³-hybridized carbons (Fsp3) is 0.310. The van der Waals surface area contributed by atoms with Crippen LogP contribution in [0.5, 0.6) is 23.0 Å². The van der Waals surface area contributed by atoms with Crippen molar-refractivity contribution in [3.8, 4) is 23.0 Å². The first-order valence-corrected chi connectivity index (χ1v) is 13.4. The van der Waals surface area contributed by atoms with Crippen molar-refractivity contribution in [1.29, 1.82) is 0 Å². The van der Waals surface area contributed by atoms with Crippen molar-refractivity contribution in [1.82, 2.24) is 16.1 Å². The number of benzene rings is 2. The van der Waals surface area contributed by atoms with E-state index in [1.54, 1.807) is 50.3 Å². The first-order chi connectivity index (χ1) is 20.2. The zero-order valence-electron chi connectivity index (χ0n) is 23.7. The molecule has 224 valence electrons. The molecule has 0 aromatic heterocycles. The summed E-state index contributed by atoms with van der Waals surface area (Å²) in [6.45, 7) is 9.23. The summed E-state index contributed by atoms with van der Waals surface area (Å²) in [5, 5.41) is 9.58. The molecule has 3 N–H and O–H groups in total. The Kier molecular flexibility index (Phi) is 11.6. The maximum Gasteiger partial charge on any atom is 0.338 e. The molecule has 3 amide bonds. The Morgan fingerprint density at radius 2 is 1.88 bits per heavy atom. The van der Waals surface area contributed by atoms with Crippen LogP contribution in [-0.4, -0.2) is 57.7 Å². The molecule has 1 aliphatic heterocycles. The minimum absolute atomic E-state index is 0.178. The number of hydrazone groups is 1. The van der Waals surface area contributed by atoms with Crippen LogP contribution in [0.1, 0.15) is 37.9 Å². The van der Waals surface area contributed by atoms with Crippen LogP contribution in [0.25, 0.3) is 0 Å². The van der Waals surface area contributed by atoms with Crippen molar-refractivity contribution in [3.63, 3.8) is 0 Å². The Morgan fingerprint density at radius 1 is 1.10 bits per heavy atom. The minimum Gasteiger partial charge on any atom is -0.493 e. The van der Waals surface area contributed by atoms with Gasteiger partial charge in [0.25, 0.3) is 5.91 Å². The van der Waals surface area contributed by atoms with E-state index in [1.165, 1.54) is 13.3 Å². The summed E-state index contributed by atoms with van der Waals surface area (Å²) in [4.78, 5) is 37.1. The highest BCUT2D eigenvalue weighted by atomic mass is 35.5. The van der Waals surface area contributed by atoms with E-state index < -0.39 is 23.9 Å². The molecule has 0 fully saturated rings. The number of halogens is 1. The highest BCUT2D eigenvalue weighted by Crippen LogP contribution is 2.37. The quantitative estimate of drug-likeness (QED) is 0.127. The summed E-state index contributed by atoms with van der Waals surface area (Å²) in [7, 11) is 1.43. The number of nitrogens with one attached hydrogen (secondary N) is 3. The molecule has 0 aliphatic carbocycles. The minimum atomic E-state index is -0.780. The SMILES string of the molecule is C=CCOc1c(Cl)cc(/C=N\NC(=O)COc2ccc([C@@H]3NC(=O)NC(C)=C3C(=O)OCC)cc2OC)cc1OCC. The van der Waals surface area contributed by atoms with Crippen LogP contribution < -0.4 is 35.0 Å². The van der Waals surface area contributed by atoms with Gasteiger partial charge in [0.05, 0.1) is 43.2 Å². The monoisotopic (exact) mass is 600 g/mol. The van der Waals surface area contributed by atoms with Crippen molar-refractivity contribution in [3.05, 3.63) is 70.4 Å². The third-order valence-electron chi connectivity index (χ3n) is 5.72. The first-order valence-electron chi connectivity index (χ1n) is 13.0. The normalized spacial score (nSPS) is 14.5. The summed E-state index contributed by atoms with van der Waals surface area (Å²) < 4.78 is 27.4. The number of urea groups is 1. The standard InChI is InChI=1S/C29H33ClN4O8/c1-6-11-41-27-20(30)12-18(13-23(27)39-7-2)15-31-34-24(35)16-42-21-10-9-19(14-22(21)38-5)26-25(28(36)40-8-3)17(4)32-29(37)33-26/h6,9-10,12-15,26H,1,7-8,11,16H2,2-5H3,(H,34,35)(H2,32,33,37)/b31-15-/t26-/m0/s1. The molecule has 13 heteroatoms. The highest BCUT2D eigenvalue weighted by Gasteiger charge is 2.32. The van der Waals surface area contributed by atoms with E-state index >= 15 is 0 Å². The summed E-state index contributed by atoms with van der Waals surface area (Å²) in [6.07, 6.45) is 3.00. The zero-order chi connectivity index (χ0) is 30.6. The van der Waals surface area contributed by atoms with Gasteiger partial charge in [0.2, 0.25) is 0 Å². The highest BCUT2D eigenvalue weighted by molar-refractivity contribution is 6.32. The van der Waals surface area contributed by atoms with Gasteiger partial charge in [-0.05, 0) is 56.2 Å². The summed E-state index contributed by atoms with van der Waals surface area (Å²) in [5.41, 5.74) is 4.16. The third-order valence-corrected chi connectivity index (χ3v) is 6.01. The lowest BCUT2D eigenvalue weighted by Gasteiger charge is -2.28. The lowest BCUT2D eigenvalue weighted by atomic mass is 9.95. The van der Waals surface area contributed by atoms with Gasteiger partial charge in [-0.25, -0.2) is 15.0 Å². The molecule has 1 heterocycles. The second-order valence-electron chi connectivity index (χ2n) is 8.65. The van der Waals surface area contributed by atoms with Crippen molar-refractivity contribution in [2.75, 3.05) is 33.5 Å². The van der Waals surface area contributed by atoms with E-state index in [1.807, 2.05) is 6.92 Å². The number of esters is 1. The third kappa shape index (κ3) is 8.16. The molecule has 42 heavy (non-hydrogen) atoms. The summed E-state index contributed by atoms with van der Waals surface area (Å²) >= 11 is 6.34. The van der Waals surface area contributed by atoms with Gasteiger partial charge >= 0.3 is 12.0 Å². The lowest BCUT2D eigenvalue weighted by molar-refractivity contribution is -0.139. The number of methoxy groups -OCH3 is 1.